The fourth-order valence-corrected chi connectivity index (χ4v) is 1.69. The zero-order chi connectivity index (χ0) is 14.4. The molecule has 0 heterocycles. The molecule has 0 aromatic heterocycles. The predicted octanol–water partition coefficient (Wildman–Crippen LogP) is 2.51. The molecule has 1 atom stereocenters. The zero-order valence-corrected chi connectivity index (χ0v) is 10.4. The number of nitrogens with zero attached hydrogens (tertiary/aromatic N) is 1. The van der Waals surface area contributed by atoms with Gasteiger partial charge in [0.25, 0.3) is 0 Å². The van der Waals surface area contributed by atoms with Gasteiger partial charge in [0.05, 0.1) is 4.92 Å². The third-order valence-electron chi connectivity index (χ3n) is 2.67. The molecule has 1 aromatic carbocycles. The lowest BCUT2D eigenvalue weighted by molar-refractivity contribution is -0.384. The van der Waals surface area contributed by atoms with Crippen LogP contribution in [-0.4, -0.2) is 22.0 Å². The van der Waals surface area contributed by atoms with Gasteiger partial charge in [0.1, 0.15) is 11.3 Å². The Kier molecular flexibility index (Phi) is 4.89. The lowest BCUT2D eigenvalue weighted by atomic mass is 10.1. The second kappa shape index (κ2) is 6.40. The van der Waals surface area contributed by atoms with Crippen molar-refractivity contribution >= 4 is 17.3 Å². The first-order chi connectivity index (χ1) is 9.01. The van der Waals surface area contributed by atoms with Crippen molar-refractivity contribution in [3.8, 4) is 12.3 Å². The van der Waals surface area contributed by atoms with Gasteiger partial charge in [0.2, 0.25) is 0 Å². The smallest absolute Gasteiger partial charge is 0.342 e. The van der Waals surface area contributed by atoms with E-state index >= 15 is 0 Å². The zero-order valence-electron chi connectivity index (χ0n) is 10.4. The summed E-state index contributed by atoms with van der Waals surface area (Å²) in [6, 6.07) is 4.01. The first-order valence-corrected chi connectivity index (χ1v) is 5.72. The van der Waals surface area contributed by atoms with Gasteiger partial charge in [-0.1, -0.05) is 13.0 Å². The summed E-state index contributed by atoms with van der Waals surface area (Å²) in [5, 5.41) is 22.9. The predicted molar refractivity (Wildman–Crippen MR) is 71.2 cm³/mol. The summed E-state index contributed by atoms with van der Waals surface area (Å²) in [6.45, 7) is 1.89. The quantitative estimate of drug-likeness (QED) is 0.467. The van der Waals surface area contributed by atoms with Crippen LogP contribution in [0.2, 0.25) is 0 Å². The van der Waals surface area contributed by atoms with Gasteiger partial charge in [-0.2, -0.15) is 0 Å². The third kappa shape index (κ3) is 3.45. The maximum absolute atomic E-state index is 11.0. The number of carboxylic acid groups (broad SMARTS) is 1. The van der Waals surface area contributed by atoms with Gasteiger partial charge < -0.3 is 10.4 Å². The van der Waals surface area contributed by atoms with E-state index in [9.17, 15) is 14.9 Å². The molecule has 1 rings (SSSR count). The second-order valence-corrected chi connectivity index (χ2v) is 3.92. The average Bonchev–Trinajstić information content (AvgIpc) is 2.37. The monoisotopic (exact) mass is 262 g/mol. The number of nitrogens with one attached hydrogen (secondary N) is 1. The van der Waals surface area contributed by atoms with E-state index in [0.29, 0.717) is 12.8 Å². The van der Waals surface area contributed by atoms with Crippen LogP contribution >= 0.6 is 0 Å². The summed E-state index contributed by atoms with van der Waals surface area (Å²) in [5.41, 5.74) is -0.608. The molecular formula is C13H14N2O4. The van der Waals surface area contributed by atoms with Crippen molar-refractivity contribution in [2.45, 2.75) is 25.8 Å². The molecule has 0 fully saturated rings. The topological polar surface area (TPSA) is 92.5 Å². The minimum atomic E-state index is -1.33. The molecule has 0 bridgehead atoms. The number of carbonyl (C=O) groups is 1. The Morgan fingerprint density at radius 3 is 2.79 bits per heavy atom. The van der Waals surface area contributed by atoms with Crippen LogP contribution in [0.15, 0.2) is 18.2 Å². The van der Waals surface area contributed by atoms with E-state index in [1.807, 2.05) is 6.92 Å². The fraction of sp³-hybridized carbons (Fsp3) is 0.308. The van der Waals surface area contributed by atoms with Crippen molar-refractivity contribution in [2.24, 2.45) is 0 Å². The highest BCUT2D eigenvalue weighted by Crippen LogP contribution is 2.29. The van der Waals surface area contributed by atoms with Gasteiger partial charge in [0.15, 0.2) is 0 Å². The standard InChI is InChI=1S/C13H14N2O4/c1-3-6-9(4-2)14-11-8-5-7-10(13(16)17)12(11)15(18)19/h1,5,7-9,14H,4,6H2,2H3,(H,16,17). The third-order valence-corrected chi connectivity index (χ3v) is 2.67. The summed E-state index contributed by atoms with van der Waals surface area (Å²) in [7, 11) is 0. The molecule has 0 aliphatic carbocycles. The van der Waals surface area contributed by atoms with Crippen LogP contribution in [0.3, 0.4) is 0 Å². The largest absolute Gasteiger partial charge is 0.477 e. The van der Waals surface area contributed by atoms with Crippen molar-refractivity contribution < 1.29 is 14.8 Å². The summed E-state index contributed by atoms with van der Waals surface area (Å²) in [5.74, 6) is 1.14. The van der Waals surface area contributed by atoms with Crippen LogP contribution in [0.1, 0.15) is 30.1 Å². The lowest BCUT2D eigenvalue weighted by Crippen LogP contribution is -2.19. The number of benzene rings is 1. The Bertz CT molecular complexity index is 534. The van der Waals surface area contributed by atoms with Crippen molar-refractivity contribution in [1.82, 2.24) is 0 Å². The van der Waals surface area contributed by atoms with Crippen LogP contribution in [-0.2, 0) is 0 Å². The Balaban J connectivity index is 3.20. The minimum absolute atomic E-state index is 0.132. The Morgan fingerprint density at radius 1 is 1.63 bits per heavy atom. The minimum Gasteiger partial charge on any atom is -0.477 e. The molecule has 0 saturated heterocycles. The molecule has 2 N–H and O–H groups in total. The molecule has 19 heavy (non-hydrogen) atoms. The molecule has 0 radical (unpaired) electrons. The molecule has 0 aliphatic heterocycles. The molecule has 1 unspecified atom stereocenters. The molecule has 0 spiro atoms. The van der Waals surface area contributed by atoms with Crippen molar-refractivity contribution in [1.29, 1.82) is 0 Å². The maximum Gasteiger partial charge on any atom is 0.342 e. The van der Waals surface area contributed by atoms with Crippen LogP contribution in [0.25, 0.3) is 0 Å². The summed E-state index contributed by atoms with van der Waals surface area (Å²) >= 11 is 0. The van der Waals surface area contributed by atoms with E-state index in [2.05, 4.69) is 11.2 Å². The summed E-state index contributed by atoms with van der Waals surface area (Å²) in [4.78, 5) is 21.3. The lowest BCUT2D eigenvalue weighted by Gasteiger charge is -2.16. The van der Waals surface area contributed by atoms with E-state index in [1.54, 1.807) is 0 Å². The molecule has 0 saturated carbocycles. The fourth-order valence-electron chi connectivity index (χ4n) is 1.69. The number of hydrogen-bond acceptors (Lipinski definition) is 4. The first-order valence-electron chi connectivity index (χ1n) is 5.72. The normalized spacial score (nSPS) is 11.4. The number of carboxylic acids is 1. The van der Waals surface area contributed by atoms with Gasteiger partial charge in [-0.25, -0.2) is 4.79 Å². The second-order valence-electron chi connectivity index (χ2n) is 3.92. The van der Waals surface area contributed by atoms with Crippen LogP contribution in [0.5, 0.6) is 0 Å². The molecule has 6 nitrogen and oxygen atoms in total. The highest BCUT2D eigenvalue weighted by molar-refractivity contribution is 5.95. The number of nitro groups is 1. The Hall–Kier alpha value is -2.55. The average molecular weight is 262 g/mol. The molecule has 1 aromatic rings. The van der Waals surface area contributed by atoms with Gasteiger partial charge >= 0.3 is 11.7 Å². The molecule has 0 amide bonds. The summed E-state index contributed by atoms with van der Waals surface area (Å²) in [6.07, 6.45) is 6.30. The van der Waals surface area contributed by atoms with E-state index in [1.165, 1.54) is 18.2 Å². The highest BCUT2D eigenvalue weighted by Gasteiger charge is 2.24. The number of terminal acetylenes is 1. The Labute approximate surface area is 110 Å². The number of rotatable bonds is 6. The number of anilines is 1. The van der Waals surface area contributed by atoms with Gasteiger partial charge in [-0.05, 0) is 18.6 Å². The number of nitro benzene ring substituents is 1. The first kappa shape index (κ1) is 14.5. The number of aromatic carboxylic acids is 1. The van der Waals surface area contributed by atoms with E-state index in [4.69, 9.17) is 11.5 Å². The maximum atomic E-state index is 11.0. The van der Waals surface area contributed by atoms with Crippen molar-refractivity contribution in [3.05, 3.63) is 33.9 Å². The van der Waals surface area contributed by atoms with Gasteiger partial charge in [0, 0.05) is 12.5 Å². The molecule has 100 valence electrons. The van der Waals surface area contributed by atoms with E-state index in [0.717, 1.165) is 0 Å². The Morgan fingerprint density at radius 2 is 2.32 bits per heavy atom. The van der Waals surface area contributed by atoms with Gasteiger partial charge in [-0.15, -0.1) is 12.3 Å². The van der Waals surface area contributed by atoms with E-state index < -0.39 is 16.6 Å². The van der Waals surface area contributed by atoms with Crippen molar-refractivity contribution in [3.63, 3.8) is 0 Å². The molecular weight excluding hydrogens is 248 g/mol. The van der Waals surface area contributed by atoms with Gasteiger partial charge in [-0.3, -0.25) is 10.1 Å². The van der Waals surface area contributed by atoms with E-state index in [-0.39, 0.29) is 17.3 Å². The van der Waals surface area contributed by atoms with Crippen LogP contribution < -0.4 is 5.32 Å². The number of hydrogen-bond donors (Lipinski definition) is 2. The summed E-state index contributed by atoms with van der Waals surface area (Å²) < 4.78 is 0. The SMILES string of the molecule is C#CCC(CC)Nc1cccc(C(=O)O)c1[N+](=O)[O-]. The molecule has 6 heteroatoms. The number of para-hydroxylation sites is 1. The van der Waals surface area contributed by atoms with Crippen LogP contribution in [0.4, 0.5) is 11.4 Å². The highest BCUT2D eigenvalue weighted by atomic mass is 16.6. The van der Waals surface area contributed by atoms with Crippen molar-refractivity contribution in [2.75, 3.05) is 5.32 Å². The molecule has 0 aliphatic rings. The van der Waals surface area contributed by atoms with Crippen LogP contribution in [0, 0.1) is 22.5 Å².